The van der Waals surface area contributed by atoms with Crippen molar-refractivity contribution in [1.82, 2.24) is 4.98 Å². The van der Waals surface area contributed by atoms with Crippen molar-refractivity contribution in [2.75, 3.05) is 0 Å². The minimum absolute atomic E-state index is 0.0864. The Morgan fingerprint density at radius 2 is 2.24 bits per heavy atom. The molecule has 2 rings (SSSR count). The number of hydrogen-bond acceptors (Lipinski definition) is 2. The SMILES string of the molecule is CC1CCC(N)(Cc2ccncc2Cl)CC1C. The van der Waals surface area contributed by atoms with Crippen LogP contribution in [0.2, 0.25) is 5.02 Å². The normalized spacial score (nSPS) is 33.6. The summed E-state index contributed by atoms with van der Waals surface area (Å²) < 4.78 is 0. The molecule has 0 radical (unpaired) electrons. The van der Waals surface area contributed by atoms with Crippen LogP contribution in [0.5, 0.6) is 0 Å². The molecule has 1 aromatic rings. The standard InChI is InChI=1S/C14H21ClN2/c1-10-3-5-14(16,7-11(10)2)8-12-4-6-17-9-13(12)15/h4,6,9-11H,3,5,7-8,16H2,1-2H3. The Labute approximate surface area is 109 Å². The number of rotatable bonds is 2. The zero-order valence-electron chi connectivity index (χ0n) is 10.6. The highest BCUT2D eigenvalue weighted by Gasteiger charge is 2.34. The molecule has 0 spiro atoms. The number of aromatic nitrogens is 1. The smallest absolute Gasteiger partial charge is 0.0621 e. The first kappa shape index (κ1) is 12.8. The van der Waals surface area contributed by atoms with Crippen LogP contribution in [0.1, 0.15) is 38.7 Å². The summed E-state index contributed by atoms with van der Waals surface area (Å²) in [4.78, 5) is 4.01. The molecule has 0 saturated heterocycles. The third-order valence-corrected chi connectivity index (χ3v) is 4.54. The van der Waals surface area contributed by atoms with Gasteiger partial charge in [0, 0.05) is 17.9 Å². The minimum atomic E-state index is -0.0864. The molecule has 3 unspecified atom stereocenters. The lowest BCUT2D eigenvalue weighted by Gasteiger charge is -2.40. The second-order valence-corrected chi connectivity index (χ2v) is 6.11. The van der Waals surface area contributed by atoms with E-state index in [2.05, 4.69) is 18.8 Å². The maximum Gasteiger partial charge on any atom is 0.0621 e. The third-order valence-electron chi connectivity index (χ3n) is 4.20. The van der Waals surface area contributed by atoms with Crippen LogP contribution < -0.4 is 5.73 Å². The molecule has 1 heterocycles. The number of hydrogen-bond donors (Lipinski definition) is 1. The Balaban J connectivity index is 2.10. The van der Waals surface area contributed by atoms with Gasteiger partial charge >= 0.3 is 0 Å². The van der Waals surface area contributed by atoms with E-state index in [4.69, 9.17) is 17.3 Å². The van der Waals surface area contributed by atoms with Crippen LogP contribution in [0, 0.1) is 11.8 Å². The highest BCUT2D eigenvalue weighted by atomic mass is 35.5. The molecule has 1 aliphatic rings. The van der Waals surface area contributed by atoms with Crippen molar-refractivity contribution in [3.8, 4) is 0 Å². The predicted molar refractivity (Wildman–Crippen MR) is 72.0 cm³/mol. The lowest BCUT2D eigenvalue weighted by Crippen LogP contribution is -2.47. The van der Waals surface area contributed by atoms with Crippen molar-refractivity contribution < 1.29 is 0 Å². The van der Waals surface area contributed by atoms with Gasteiger partial charge in [0.2, 0.25) is 0 Å². The van der Waals surface area contributed by atoms with Crippen molar-refractivity contribution in [2.45, 2.75) is 45.1 Å². The highest BCUT2D eigenvalue weighted by Crippen LogP contribution is 2.37. The van der Waals surface area contributed by atoms with Crippen molar-refractivity contribution in [1.29, 1.82) is 0 Å². The summed E-state index contributed by atoms with van der Waals surface area (Å²) in [5.41, 5.74) is 7.58. The third kappa shape index (κ3) is 2.99. The van der Waals surface area contributed by atoms with Crippen molar-refractivity contribution in [3.05, 3.63) is 29.0 Å². The molecule has 0 amide bonds. The Morgan fingerprint density at radius 3 is 2.88 bits per heavy atom. The summed E-state index contributed by atoms with van der Waals surface area (Å²) in [5, 5.41) is 0.739. The number of halogens is 1. The summed E-state index contributed by atoms with van der Waals surface area (Å²) in [6, 6.07) is 1.99. The molecule has 3 heteroatoms. The molecule has 0 bridgehead atoms. The van der Waals surface area contributed by atoms with E-state index in [0.717, 1.165) is 35.8 Å². The van der Waals surface area contributed by atoms with Gasteiger partial charge in [-0.25, -0.2) is 0 Å². The zero-order chi connectivity index (χ0) is 12.5. The van der Waals surface area contributed by atoms with Gasteiger partial charge in [0.25, 0.3) is 0 Å². The van der Waals surface area contributed by atoms with Crippen molar-refractivity contribution in [3.63, 3.8) is 0 Å². The van der Waals surface area contributed by atoms with Gasteiger partial charge in [-0.3, -0.25) is 4.98 Å². The second-order valence-electron chi connectivity index (χ2n) is 5.70. The number of nitrogens with two attached hydrogens (primary N) is 1. The lowest BCUT2D eigenvalue weighted by atomic mass is 9.69. The van der Waals surface area contributed by atoms with E-state index in [1.807, 2.05) is 6.07 Å². The minimum Gasteiger partial charge on any atom is -0.325 e. The van der Waals surface area contributed by atoms with Gasteiger partial charge in [-0.1, -0.05) is 25.4 Å². The fourth-order valence-corrected chi connectivity index (χ4v) is 3.02. The summed E-state index contributed by atoms with van der Waals surface area (Å²) >= 11 is 6.15. The molecular weight excluding hydrogens is 232 g/mol. The Hall–Kier alpha value is -0.600. The first-order chi connectivity index (χ1) is 8.00. The Kier molecular flexibility index (Phi) is 3.74. The van der Waals surface area contributed by atoms with Gasteiger partial charge in [-0.05, 0) is 49.1 Å². The van der Waals surface area contributed by atoms with E-state index in [0.29, 0.717) is 5.92 Å². The van der Waals surface area contributed by atoms with Crippen LogP contribution in [-0.4, -0.2) is 10.5 Å². The molecule has 1 aliphatic carbocycles. The second kappa shape index (κ2) is 4.95. The fraction of sp³-hybridized carbons (Fsp3) is 0.643. The first-order valence-corrected chi connectivity index (χ1v) is 6.75. The lowest BCUT2D eigenvalue weighted by molar-refractivity contribution is 0.176. The molecule has 17 heavy (non-hydrogen) atoms. The Morgan fingerprint density at radius 1 is 1.47 bits per heavy atom. The number of nitrogens with zero attached hydrogens (tertiary/aromatic N) is 1. The summed E-state index contributed by atoms with van der Waals surface area (Å²) in [5.74, 6) is 1.49. The largest absolute Gasteiger partial charge is 0.325 e. The van der Waals surface area contributed by atoms with Crippen LogP contribution in [0.3, 0.4) is 0 Å². The molecule has 0 aliphatic heterocycles. The fourth-order valence-electron chi connectivity index (χ4n) is 2.83. The summed E-state index contributed by atoms with van der Waals surface area (Å²) in [6.07, 6.45) is 7.77. The number of pyridine rings is 1. The van der Waals surface area contributed by atoms with E-state index >= 15 is 0 Å². The van der Waals surface area contributed by atoms with Crippen LogP contribution in [-0.2, 0) is 6.42 Å². The molecule has 1 aromatic heterocycles. The van der Waals surface area contributed by atoms with E-state index in [1.54, 1.807) is 12.4 Å². The molecular formula is C14H21ClN2. The van der Waals surface area contributed by atoms with Gasteiger partial charge in [-0.2, -0.15) is 0 Å². The molecule has 0 aromatic carbocycles. The average molecular weight is 253 g/mol. The molecule has 1 saturated carbocycles. The maximum absolute atomic E-state index is 6.53. The van der Waals surface area contributed by atoms with Crippen LogP contribution in [0.15, 0.2) is 18.5 Å². The van der Waals surface area contributed by atoms with Crippen molar-refractivity contribution in [2.24, 2.45) is 17.6 Å². The van der Waals surface area contributed by atoms with E-state index in [9.17, 15) is 0 Å². The summed E-state index contributed by atoms with van der Waals surface area (Å²) in [6.45, 7) is 4.63. The van der Waals surface area contributed by atoms with Gasteiger partial charge < -0.3 is 5.73 Å². The van der Waals surface area contributed by atoms with Crippen LogP contribution in [0.25, 0.3) is 0 Å². The molecule has 1 fully saturated rings. The van der Waals surface area contributed by atoms with Crippen LogP contribution >= 0.6 is 11.6 Å². The van der Waals surface area contributed by atoms with Crippen LogP contribution in [0.4, 0.5) is 0 Å². The predicted octanol–water partition coefficient (Wildman–Crippen LogP) is 3.43. The van der Waals surface area contributed by atoms with Gasteiger partial charge in [0.1, 0.15) is 0 Å². The van der Waals surface area contributed by atoms with Gasteiger partial charge in [0.05, 0.1) is 5.02 Å². The Bertz CT molecular complexity index is 394. The average Bonchev–Trinajstić information content (AvgIpc) is 2.28. The monoisotopic (exact) mass is 252 g/mol. The highest BCUT2D eigenvalue weighted by molar-refractivity contribution is 6.31. The topological polar surface area (TPSA) is 38.9 Å². The quantitative estimate of drug-likeness (QED) is 0.876. The maximum atomic E-state index is 6.53. The van der Waals surface area contributed by atoms with Gasteiger partial charge in [-0.15, -0.1) is 0 Å². The first-order valence-electron chi connectivity index (χ1n) is 6.37. The van der Waals surface area contributed by atoms with E-state index in [-0.39, 0.29) is 5.54 Å². The molecule has 2 nitrogen and oxygen atoms in total. The summed E-state index contributed by atoms with van der Waals surface area (Å²) in [7, 11) is 0. The molecule has 94 valence electrons. The van der Waals surface area contributed by atoms with Crippen molar-refractivity contribution >= 4 is 11.6 Å². The molecule has 2 N–H and O–H groups in total. The van der Waals surface area contributed by atoms with E-state index < -0.39 is 0 Å². The molecule has 3 atom stereocenters. The zero-order valence-corrected chi connectivity index (χ0v) is 11.4. The van der Waals surface area contributed by atoms with Gasteiger partial charge in [0.15, 0.2) is 0 Å². The van der Waals surface area contributed by atoms with E-state index in [1.165, 1.54) is 6.42 Å².